The molecule has 2 heterocycles. The Labute approximate surface area is 181 Å². The van der Waals surface area contributed by atoms with Gasteiger partial charge in [-0.1, -0.05) is 29.3 Å². The number of anilines is 1. The highest BCUT2D eigenvalue weighted by Crippen LogP contribution is 2.27. The fourth-order valence-electron chi connectivity index (χ4n) is 3.19. The van der Waals surface area contributed by atoms with Crippen molar-refractivity contribution in [1.29, 1.82) is 0 Å². The second-order valence-electron chi connectivity index (χ2n) is 7.00. The van der Waals surface area contributed by atoms with Gasteiger partial charge in [-0.25, -0.2) is 9.36 Å². The molecule has 0 saturated carbocycles. The van der Waals surface area contributed by atoms with E-state index in [1.54, 1.807) is 31.2 Å². The van der Waals surface area contributed by atoms with Crippen LogP contribution in [0.3, 0.4) is 0 Å². The molecule has 0 atom stereocenters. The topological polar surface area (TPSA) is 108 Å². The van der Waals surface area contributed by atoms with Crippen LogP contribution >= 0.6 is 11.6 Å². The Balaban J connectivity index is 1.81. The van der Waals surface area contributed by atoms with Crippen LogP contribution in [0.25, 0.3) is 11.8 Å². The number of aryl methyl sites for hydroxylation is 1. The molecule has 0 radical (unpaired) electrons. The van der Waals surface area contributed by atoms with Gasteiger partial charge in [0.05, 0.1) is 22.7 Å². The Morgan fingerprint density at radius 3 is 2.23 bits per heavy atom. The second-order valence-corrected chi connectivity index (χ2v) is 7.44. The molecule has 2 aromatic carbocycles. The van der Waals surface area contributed by atoms with E-state index >= 15 is 0 Å². The van der Waals surface area contributed by atoms with Gasteiger partial charge in [0.1, 0.15) is 5.56 Å². The van der Waals surface area contributed by atoms with Crippen LogP contribution in [0.2, 0.25) is 5.02 Å². The number of halogens is 1. The summed E-state index contributed by atoms with van der Waals surface area (Å²) >= 11 is 5.88. The monoisotopic (exact) mass is 436 g/mol. The zero-order valence-electron chi connectivity index (χ0n) is 16.6. The van der Waals surface area contributed by atoms with Gasteiger partial charge >= 0.3 is 5.69 Å². The number of H-pyrrole nitrogens is 1. The summed E-state index contributed by atoms with van der Waals surface area (Å²) in [5, 5.41) is 16.7. The molecule has 1 aromatic heterocycles. The molecule has 4 rings (SSSR count). The van der Waals surface area contributed by atoms with Crippen molar-refractivity contribution in [3.05, 3.63) is 91.1 Å². The van der Waals surface area contributed by atoms with Crippen LogP contribution < -0.4 is 16.3 Å². The van der Waals surface area contributed by atoms with Crippen molar-refractivity contribution >= 4 is 35.0 Å². The van der Waals surface area contributed by atoms with Gasteiger partial charge in [-0.3, -0.25) is 14.6 Å². The molecule has 0 saturated heterocycles. The smallest absolute Gasteiger partial charge is 0.335 e. The van der Waals surface area contributed by atoms with Crippen LogP contribution in [0, 0.1) is 6.92 Å². The standard InChI is InChI=1S/C22H17ClN4O4/c1-12-3-7-16(8-4-12)27-21(30)17(13(2)25-27)11-18-19(28)24-22(31)26(20(18)29)15-9-5-14(23)6-10-15/h3-11,29H,1-2H3,(H,24,28,31)/b17-11-. The summed E-state index contributed by atoms with van der Waals surface area (Å²) in [6.45, 7) is 3.55. The highest BCUT2D eigenvalue weighted by molar-refractivity contribution is 6.32. The van der Waals surface area contributed by atoms with Gasteiger partial charge in [-0.05, 0) is 56.3 Å². The fourth-order valence-corrected chi connectivity index (χ4v) is 3.31. The molecule has 0 unspecified atom stereocenters. The van der Waals surface area contributed by atoms with Crippen molar-refractivity contribution in [2.75, 3.05) is 5.01 Å². The fraction of sp³-hybridized carbons (Fsp3) is 0.0909. The molecule has 2 N–H and O–H groups in total. The van der Waals surface area contributed by atoms with Crippen LogP contribution in [-0.4, -0.2) is 26.3 Å². The molecule has 1 aliphatic rings. The number of aromatic hydroxyl groups is 1. The maximum atomic E-state index is 13.0. The molecule has 31 heavy (non-hydrogen) atoms. The van der Waals surface area contributed by atoms with E-state index < -0.39 is 23.0 Å². The molecule has 0 spiro atoms. The normalized spacial score (nSPS) is 14.9. The minimum Gasteiger partial charge on any atom is -0.494 e. The molecular formula is C22H17ClN4O4. The predicted octanol–water partition coefficient (Wildman–Crippen LogP) is 3.00. The summed E-state index contributed by atoms with van der Waals surface area (Å²) in [4.78, 5) is 39.9. The maximum absolute atomic E-state index is 13.0. The Morgan fingerprint density at radius 1 is 0.968 bits per heavy atom. The number of aromatic amines is 1. The van der Waals surface area contributed by atoms with Crippen LogP contribution in [0.4, 0.5) is 5.69 Å². The lowest BCUT2D eigenvalue weighted by Gasteiger charge is -2.12. The lowest BCUT2D eigenvalue weighted by molar-refractivity contribution is -0.114. The second kappa shape index (κ2) is 7.73. The van der Waals surface area contributed by atoms with E-state index in [0.717, 1.165) is 10.1 Å². The quantitative estimate of drug-likeness (QED) is 0.615. The molecule has 1 aliphatic heterocycles. The average Bonchev–Trinajstić information content (AvgIpc) is 3.01. The zero-order chi connectivity index (χ0) is 22.3. The lowest BCUT2D eigenvalue weighted by Crippen LogP contribution is -2.30. The molecule has 8 nitrogen and oxygen atoms in total. The van der Waals surface area contributed by atoms with Crippen molar-refractivity contribution in [2.24, 2.45) is 5.10 Å². The van der Waals surface area contributed by atoms with Crippen molar-refractivity contribution in [2.45, 2.75) is 13.8 Å². The molecule has 0 fully saturated rings. The van der Waals surface area contributed by atoms with E-state index in [-0.39, 0.29) is 11.1 Å². The van der Waals surface area contributed by atoms with Crippen LogP contribution in [0.1, 0.15) is 18.1 Å². The Morgan fingerprint density at radius 2 is 1.58 bits per heavy atom. The number of rotatable bonds is 3. The van der Waals surface area contributed by atoms with E-state index in [4.69, 9.17) is 11.6 Å². The minimum atomic E-state index is -0.824. The first-order valence-electron chi connectivity index (χ1n) is 9.29. The molecule has 9 heteroatoms. The largest absolute Gasteiger partial charge is 0.494 e. The average molecular weight is 437 g/mol. The van der Waals surface area contributed by atoms with Gasteiger partial charge in [0.25, 0.3) is 11.5 Å². The molecule has 0 aliphatic carbocycles. The first-order valence-corrected chi connectivity index (χ1v) is 9.66. The van der Waals surface area contributed by atoms with E-state index in [1.807, 2.05) is 19.1 Å². The number of nitrogens with zero attached hydrogens (tertiary/aromatic N) is 3. The Hall–Kier alpha value is -3.91. The van der Waals surface area contributed by atoms with Crippen molar-refractivity contribution < 1.29 is 9.90 Å². The molecule has 156 valence electrons. The van der Waals surface area contributed by atoms with Crippen molar-refractivity contribution in [3.63, 3.8) is 0 Å². The van der Waals surface area contributed by atoms with Gasteiger partial charge < -0.3 is 5.11 Å². The van der Waals surface area contributed by atoms with Gasteiger partial charge in [0, 0.05) is 5.02 Å². The third kappa shape index (κ3) is 3.69. The van der Waals surface area contributed by atoms with E-state index in [9.17, 15) is 19.5 Å². The van der Waals surface area contributed by atoms with Gasteiger partial charge in [0.2, 0.25) is 5.88 Å². The van der Waals surface area contributed by atoms with Crippen LogP contribution in [0.5, 0.6) is 5.88 Å². The maximum Gasteiger partial charge on any atom is 0.335 e. The first kappa shape index (κ1) is 20.4. The number of benzene rings is 2. The Bertz CT molecular complexity index is 1370. The lowest BCUT2D eigenvalue weighted by atomic mass is 10.1. The highest BCUT2D eigenvalue weighted by atomic mass is 35.5. The molecule has 3 aromatic rings. The minimum absolute atomic E-state index is 0.127. The number of carbonyl (C=O) groups is 1. The summed E-state index contributed by atoms with van der Waals surface area (Å²) in [6.07, 6.45) is 1.23. The van der Waals surface area contributed by atoms with Crippen molar-refractivity contribution in [3.8, 4) is 11.6 Å². The SMILES string of the molecule is CC1=NN(c2ccc(C)cc2)C(=O)/C1=C\c1c(O)n(-c2ccc(Cl)cc2)c(=O)[nH]c1=O. The summed E-state index contributed by atoms with van der Waals surface area (Å²) in [6, 6.07) is 13.4. The number of carbonyl (C=O) groups excluding carboxylic acids is 1. The third-order valence-electron chi connectivity index (χ3n) is 4.84. The Kier molecular flexibility index (Phi) is 5.08. The summed E-state index contributed by atoms with van der Waals surface area (Å²) in [5.74, 6) is -1.05. The number of hydrazone groups is 1. The number of amides is 1. The number of aromatic nitrogens is 2. The first-order chi connectivity index (χ1) is 14.8. The number of hydrogen-bond acceptors (Lipinski definition) is 5. The van der Waals surface area contributed by atoms with Gasteiger partial charge in [-0.2, -0.15) is 10.1 Å². The highest BCUT2D eigenvalue weighted by Gasteiger charge is 2.29. The van der Waals surface area contributed by atoms with E-state index in [2.05, 4.69) is 10.1 Å². The van der Waals surface area contributed by atoms with Crippen LogP contribution in [0.15, 0.2) is 68.8 Å². The van der Waals surface area contributed by atoms with E-state index in [0.29, 0.717) is 22.1 Å². The third-order valence-corrected chi connectivity index (χ3v) is 5.09. The van der Waals surface area contributed by atoms with Crippen molar-refractivity contribution in [1.82, 2.24) is 9.55 Å². The molecule has 1 amide bonds. The summed E-state index contributed by atoms with van der Waals surface area (Å²) in [5.41, 5.74) is 0.517. The zero-order valence-corrected chi connectivity index (χ0v) is 17.3. The van der Waals surface area contributed by atoms with Gasteiger partial charge in [0.15, 0.2) is 0 Å². The predicted molar refractivity (Wildman–Crippen MR) is 119 cm³/mol. The number of nitrogens with one attached hydrogen (secondary N) is 1. The molecular weight excluding hydrogens is 420 g/mol. The van der Waals surface area contributed by atoms with E-state index in [1.165, 1.54) is 23.2 Å². The summed E-state index contributed by atoms with van der Waals surface area (Å²) < 4.78 is 0.924. The summed E-state index contributed by atoms with van der Waals surface area (Å²) in [7, 11) is 0. The number of hydrogen-bond donors (Lipinski definition) is 2. The molecule has 0 bridgehead atoms. The van der Waals surface area contributed by atoms with Gasteiger partial charge in [-0.15, -0.1) is 0 Å². The van der Waals surface area contributed by atoms with Crippen LogP contribution in [-0.2, 0) is 4.79 Å².